The zero-order chi connectivity index (χ0) is 28.7. The van der Waals surface area contributed by atoms with Crippen LogP contribution in [0.5, 0.6) is 5.75 Å². The van der Waals surface area contributed by atoms with Gasteiger partial charge in [-0.15, -0.1) is 0 Å². The highest BCUT2D eigenvalue weighted by atomic mass is 16.5. The Balaban J connectivity index is 1.82. The molecule has 0 aliphatic heterocycles. The van der Waals surface area contributed by atoms with Crippen LogP contribution in [0.2, 0.25) is 0 Å². The molecule has 1 atom stereocenters. The molecular formula is C38H60O2. The van der Waals surface area contributed by atoms with E-state index in [1.807, 2.05) is 18.2 Å². The molecule has 0 saturated carbocycles. The molecule has 0 aliphatic rings. The van der Waals surface area contributed by atoms with E-state index in [4.69, 9.17) is 4.74 Å². The maximum absolute atomic E-state index is 13.5. The SMILES string of the molecule is CCCCCCCCCCCCC(C)(CCCCCCCCCC)C(=O)Oc1ccc(Cc2ccccc2)cc1. The van der Waals surface area contributed by atoms with Crippen LogP contribution in [-0.4, -0.2) is 5.97 Å². The van der Waals surface area contributed by atoms with Gasteiger partial charge in [-0.1, -0.05) is 172 Å². The molecule has 2 heteroatoms. The topological polar surface area (TPSA) is 26.3 Å². The molecule has 0 radical (unpaired) electrons. The maximum atomic E-state index is 13.5. The van der Waals surface area contributed by atoms with Gasteiger partial charge in [0.05, 0.1) is 5.41 Å². The van der Waals surface area contributed by atoms with Crippen molar-refractivity contribution in [3.63, 3.8) is 0 Å². The second-order valence-electron chi connectivity index (χ2n) is 12.4. The summed E-state index contributed by atoms with van der Waals surface area (Å²) in [6, 6.07) is 18.6. The lowest BCUT2D eigenvalue weighted by atomic mass is 9.79. The summed E-state index contributed by atoms with van der Waals surface area (Å²) in [5.74, 6) is 0.634. The lowest BCUT2D eigenvalue weighted by molar-refractivity contribution is -0.146. The van der Waals surface area contributed by atoms with Gasteiger partial charge in [0.15, 0.2) is 0 Å². The van der Waals surface area contributed by atoms with E-state index in [0.29, 0.717) is 5.75 Å². The highest BCUT2D eigenvalue weighted by molar-refractivity contribution is 5.78. The minimum Gasteiger partial charge on any atom is -0.426 e. The maximum Gasteiger partial charge on any atom is 0.317 e. The quantitative estimate of drug-likeness (QED) is 0.0740. The van der Waals surface area contributed by atoms with Gasteiger partial charge in [-0.3, -0.25) is 4.79 Å². The summed E-state index contributed by atoms with van der Waals surface area (Å²) >= 11 is 0. The fraction of sp³-hybridized carbons (Fsp3) is 0.658. The zero-order valence-electron chi connectivity index (χ0n) is 26.4. The average Bonchev–Trinajstić information content (AvgIpc) is 2.97. The standard InChI is InChI=1S/C38H60O2/c1-4-6-8-10-12-14-15-17-19-24-32-38(3,31-23-18-16-13-11-9-7-5-2)37(39)40-36-29-27-35(28-30-36)33-34-25-21-20-22-26-34/h20-22,25-30H,4-19,23-24,31-33H2,1-3H3. The molecule has 0 spiro atoms. The van der Waals surface area contributed by atoms with Crippen molar-refractivity contribution in [2.75, 3.05) is 0 Å². The summed E-state index contributed by atoms with van der Waals surface area (Å²) in [4.78, 5) is 13.5. The molecule has 2 nitrogen and oxygen atoms in total. The molecule has 0 aliphatic carbocycles. The van der Waals surface area contributed by atoms with Crippen LogP contribution in [0.15, 0.2) is 54.6 Å². The number of benzene rings is 2. The largest absolute Gasteiger partial charge is 0.426 e. The number of hydrogen-bond acceptors (Lipinski definition) is 2. The third kappa shape index (κ3) is 15.1. The average molecular weight is 549 g/mol. The lowest BCUT2D eigenvalue weighted by Crippen LogP contribution is -2.32. The fourth-order valence-corrected chi connectivity index (χ4v) is 5.72. The Bertz CT molecular complexity index is 872. The Morgan fingerprint density at radius 3 is 1.40 bits per heavy atom. The summed E-state index contributed by atoms with van der Waals surface area (Å²) < 4.78 is 6.01. The molecule has 0 fully saturated rings. The Labute approximate surface area is 247 Å². The van der Waals surface area contributed by atoms with Gasteiger partial charge in [0.2, 0.25) is 0 Å². The monoisotopic (exact) mass is 548 g/mol. The van der Waals surface area contributed by atoms with Crippen LogP contribution in [0.1, 0.15) is 160 Å². The number of carbonyl (C=O) groups excluding carboxylic acids is 1. The number of hydrogen-bond donors (Lipinski definition) is 0. The van der Waals surface area contributed by atoms with Crippen LogP contribution >= 0.6 is 0 Å². The second kappa shape index (κ2) is 21.6. The van der Waals surface area contributed by atoms with Gasteiger partial charge < -0.3 is 4.74 Å². The molecule has 2 rings (SSSR count). The Morgan fingerprint density at radius 2 is 0.950 bits per heavy atom. The lowest BCUT2D eigenvalue weighted by Gasteiger charge is -2.27. The predicted octanol–water partition coefficient (Wildman–Crippen LogP) is 12.0. The van der Waals surface area contributed by atoms with E-state index in [-0.39, 0.29) is 5.97 Å². The second-order valence-corrected chi connectivity index (χ2v) is 12.4. The van der Waals surface area contributed by atoms with E-state index < -0.39 is 5.41 Å². The molecule has 2 aromatic rings. The van der Waals surface area contributed by atoms with Gasteiger partial charge in [0.1, 0.15) is 5.75 Å². The Morgan fingerprint density at radius 1 is 0.550 bits per heavy atom. The smallest absolute Gasteiger partial charge is 0.317 e. The van der Waals surface area contributed by atoms with Crippen LogP contribution < -0.4 is 4.74 Å². The summed E-state index contributed by atoms with van der Waals surface area (Å²) in [6.07, 6.45) is 26.3. The van der Waals surface area contributed by atoms with Crippen LogP contribution in [0.3, 0.4) is 0 Å². The van der Waals surface area contributed by atoms with Crippen molar-refractivity contribution < 1.29 is 9.53 Å². The first kappa shape index (κ1) is 34.1. The zero-order valence-corrected chi connectivity index (χ0v) is 26.4. The van der Waals surface area contributed by atoms with E-state index in [9.17, 15) is 4.79 Å². The molecular weight excluding hydrogens is 488 g/mol. The highest BCUT2D eigenvalue weighted by Gasteiger charge is 2.34. The third-order valence-corrected chi connectivity index (χ3v) is 8.54. The normalized spacial score (nSPS) is 12.8. The fourth-order valence-electron chi connectivity index (χ4n) is 5.72. The predicted molar refractivity (Wildman–Crippen MR) is 173 cm³/mol. The van der Waals surface area contributed by atoms with Crippen molar-refractivity contribution in [3.05, 3.63) is 65.7 Å². The minimum absolute atomic E-state index is 0.0396. The van der Waals surface area contributed by atoms with Gasteiger partial charge in [-0.05, 0) is 49.4 Å². The molecule has 2 aromatic carbocycles. The van der Waals surface area contributed by atoms with E-state index in [1.54, 1.807) is 0 Å². The number of rotatable bonds is 24. The molecule has 0 amide bonds. The van der Waals surface area contributed by atoms with E-state index in [1.165, 1.54) is 114 Å². The summed E-state index contributed by atoms with van der Waals surface area (Å²) in [7, 11) is 0. The third-order valence-electron chi connectivity index (χ3n) is 8.54. The molecule has 40 heavy (non-hydrogen) atoms. The minimum atomic E-state index is -0.398. The van der Waals surface area contributed by atoms with Gasteiger partial charge in [-0.2, -0.15) is 0 Å². The summed E-state index contributed by atoms with van der Waals surface area (Å²) in [5.41, 5.74) is 2.13. The van der Waals surface area contributed by atoms with E-state index in [2.05, 4.69) is 57.2 Å². The molecule has 0 saturated heterocycles. The molecule has 0 N–H and O–H groups in total. The van der Waals surface area contributed by atoms with Crippen molar-refractivity contribution >= 4 is 5.97 Å². The number of esters is 1. The molecule has 0 aromatic heterocycles. The number of ether oxygens (including phenoxy) is 1. The Hall–Kier alpha value is -2.09. The Kier molecular flexibility index (Phi) is 18.4. The molecule has 0 bridgehead atoms. The van der Waals surface area contributed by atoms with Crippen molar-refractivity contribution in [3.8, 4) is 5.75 Å². The van der Waals surface area contributed by atoms with Gasteiger partial charge >= 0.3 is 5.97 Å². The first-order valence-corrected chi connectivity index (χ1v) is 16.9. The summed E-state index contributed by atoms with van der Waals surface area (Å²) in [5, 5.41) is 0. The highest BCUT2D eigenvalue weighted by Crippen LogP contribution is 2.34. The first-order chi connectivity index (χ1) is 19.6. The molecule has 1 unspecified atom stereocenters. The van der Waals surface area contributed by atoms with Gasteiger partial charge in [-0.25, -0.2) is 0 Å². The number of unbranched alkanes of at least 4 members (excludes halogenated alkanes) is 16. The van der Waals surface area contributed by atoms with Gasteiger partial charge in [0.25, 0.3) is 0 Å². The first-order valence-electron chi connectivity index (χ1n) is 16.9. The van der Waals surface area contributed by atoms with Crippen LogP contribution in [-0.2, 0) is 11.2 Å². The van der Waals surface area contributed by atoms with Crippen LogP contribution in [0, 0.1) is 5.41 Å². The van der Waals surface area contributed by atoms with E-state index in [0.717, 1.165) is 32.1 Å². The van der Waals surface area contributed by atoms with Crippen LogP contribution in [0.25, 0.3) is 0 Å². The van der Waals surface area contributed by atoms with Crippen molar-refractivity contribution in [1.29, 1.82) is 0 Å². The molecule has 224 valence electrons. The van der Waals surface area contributed by atoms with Crippen molar-refractivity contribution in [2.24, 2.45) is 5.41 Å². The van der Waals surface area contributed by atoms with Crippen LogP contribution in [0.4, 0.5) is 0 Å². The van der Waals surface area contributed by atoms with Crippen molar-refractivity contribution in [2.45, 2.75) is 156 Å². The number of carbonyl (C=O) groups is 1. The summed E-state index contributed by atoms with van der Waals surface area (Å²) in [6.45, 7) is 6.71. The van der Waals surface area contributed by atoms with Gasteiger partial charge in [0, 0.05) is 0 Å². The molecule has 0 heterocycles. The van der Waals surface area contributed by atoms with E-state index >= 15 is 0 Å². The van der Waals surface area contributed by atoms with Crippen molar-refractivity contribution in [1.82, 2.24) is 0 Å².